The van der Waals surface area contributed by atoms with Gasteiger partial charge in [0.05, 0.1) is 29.5 Å². The van der Waals surface area contributed by atoms with Crippen LogP contribution in [-0.2, 0) is 6.54 Å². The van der Waals surface area contributed by atoms with Gasteiger partial charge in [-0.1, -0.05) is 0 Å². The van der Waals surface area contributed by atoms with Gasteiger partial charge < -0.3 is 0 Å². The maximum atomic E-state index is 13.1. The Bertz CT molecular complexity index is 806. The lowest BCUT2D eigenvalue weighted by molar-refractivity contribution is 0.629. The van der Waals surface area contributed by atoms with Gasteiger partial charge in [0.1, 0.15) is 5.82 Å². The van der Waals surface area contributed by atoms with Crippen molar-refractivity contribution in [2.24, 2.45) is 0 Å². The molecule has 0 radical (unpaired) electrons. The molecule has 96 valence electrons. The van der Waals surface area contributed by atoms with Crippen molar-refractivity contribution < 1.29 is 4.39 Å². The minimum Gasteiger partial charge on any atom is -0.293 e. The normalized spacial score (nSPS) is 11.1. The number of benzene rings is 1. The van der Waals surface area contributed by atoms with Crippen molar-refractivity contribution in [1.82, 2.24) is 19.7 Å². The summed E-state index contributed by atoms with van der Waals surface area (Å²) in [6.07, 6.45) is 1.41. The molecule has 6 heteroatoms. The Balaban J connectivity index is 2.08. The molecule has 0 saturated heterocycles. The third kappa shape index (κ3) is 2.12. The van der Waals surface area contributed by atoms with Crippen LogP contribution in [0.5, 0.6) is 0 Å². The summed E-state index contributed by atoms with van der Waals surface area (Å²) in [5.41, 5.74) is 1.84. The van der Waals surface area contributed by atoms with Crippen LogP contribution in [0.3, 0.4) is 0 Å². The van der Waals surface area contributed by atoms with E-state index in [4.69, 9.17) is 0 Å². The van der Waals surface area contributed by atoms with E-state index < -0.39 is 5.82 Å². The molecular weight excluding hydrogens is 247 g/mol. The molecule has 0 aliphatic carbocycles. The number of hydrogen-bond donors (Lipinski definition) is 1. The van der Waals surface area contributed by atoms with Crippen LogP contribution in [0.1, 0.15) is 11.4 Å². The zero-order valence-corrected chi connectivity index (χ0v) is 10.2. The van der Waals surface area contributed by atoms with Crippen molar-refractivity contribution in [3.63, 3.8) is 0 Å². The number of aromatic amines is 1. The highest BCUT2D eigenvalue weighted by Gasteiger charge is 2.07. The van der Waals surface area contributed by atoms with Crippen LogP contribution in [0.4, 0.5) is 4.39 Å². The summed E-state index contributed by atoms with van der Waals surface area (Å²) in [5.74, 6) is -0.403. The molecule has 3 aromatic rings. The van der Waals surface area contributed by atoms with Crippen molar-refractivity contribution in [3.8, 4) is 0 Å². The third-order valence-electron chi connectivity index (χ3n) is 2.88. The van der Waals surface area contributed by atoms with Gasteiger partial charge in [0.25, 0.3) is 5.56 Å². The van der Waals surface area contributed by atoms with Gasteiger partial charge in [0, 0.05) is 11.8 Å². The van der Waals surface area contributed by atoms with Crippen molar-refractivity contribution >= 4 is 10.9 Å². The molecule has 0 fully saturated rings. The number of H-pyrrole nitrogens is 1. The first kappa shape index (κ1) is 11.6. The van der Waals surface area contributed by atoms with E-state index in [0.717, 1.165) is 11.4 Å². The SMILES string of the molecule is Cc1cc(Cn2cnc3cc(F)ccc3c2=O)n[nH]1. The molecule has 1 N–H and O–H groups in total. The molecule has 0 unspecified atom stereocenters. The highest BCUT2D eigenvalue weighted by Crippen LogP contribution is 2.09. The third-order valence-corrected chi connectivity index (χ3v) is 2.88. The zero-order chi connectivity index (χ0) is 13.4. The smallest absolute Gasteiger partial charge is 0.261 e. The summed E-state index contributed by atoms with van der Waals surface area (Å²) >= 11 is 0. The maximum absolute atomic E-state index is 13.1. The Labute approximate surface area is 107 Å². The molecule has 19 heavy (non-hydrogen) atoms. The van der Waals surface area contributed by atoms with E-state index in [0.29, 0.717) is 17.4 Å². The van der Waals surface area contributed by atoms with Crippen LogP contribution < -0.4 is 5.56 Å². The van der Waals surface area contributed by atoms with E-state index in [1.807, 2.05) is 13.0 Å². The largest absolute Gasteiger partial charge is 0.293 e. The number of nitrogens with one attached hydrogen (secondary N) is 1. The fourth-order valence-electron chi connectivity index (χ4n) is 1.97. The van der Waals surface area contributed by atoms with Crippen LogP contribution in [0.2, 0.25) is 0 Å². The summed E-state index contributed by atoms with van der Waals surface area (Å²) in [7, 11) is 0. The topological polar surface area (TPSA) is 63.6 Å². The fourth-order valence-corrected chi connectivity index (χ4v) is 1.97. The molecule has 2 aromatic heterocycles. The van der Waals surface area contributed by atoms with Crippen LogP contribution in [-0.4, -0.2) is 19.7 Å². The summed E-state index contributed by atoms with van der Waals surface area (Å²) in [6, 6.07) is 5.82. The molecule has 0 bridgehead atoms. The fraction of sp³-hybridized carbons (Fsp3) is 0.154. The summed E-state index contributed by atoms with van der Waals surface area (Å²) in [6.45, 7) is 2.23. The lowest BCUT2D eigenvalue weighted by Gasteiger charge is -2.04. The van der Waals surface area contributed by atoms with E-state index in [-0.39, 0.29) is 5.56 Å². The number of aromatic nitrogens is 4. The second-order valence-electron chi connectivity index (χ2n) is 4.38. The molecular formula is C13H11FN4O. The summed E-state index contributed by atoms with van der Waals surface area (Å²) in [5, 5.41) is 7.29. The van der Waals surface area contributed by atoms with Crippen LogP contribution in [0.25, 0.3) is 10.9 Å². The lowest BCUT2D eigenvalue weighted by atomic mass is 10.2. The highest BCUT2D eigenvalue weighted by molar-refractivity contribution is 5.77. The maximum Gasteiger partial charge on any atom is 0.261 e. The molecule has 0 saturated carbocycles. The number of fused-ring (bicyclic) bond motifs is 1. The average Bonchev–Trinajstić information content (AvgIpc) is 2.78. The molecule has 2 heterocycles. The monoisotopic (exact) mass is 258 g/mol. The Morgan fingerprint density at radius 2 is 2.21 bits per heavy atom. The standard InChI is InChI=1S/C13H11FN4O/c1-8-4-10(17-16-8)6-18-7-15-12-5-9(14)2-3-11(12)13(18)19/h2-5,7H,6H2,1H3,(H,16,17). The number of nitrogens with zero attached hydrogens (tertiary/aromatic N) is 3. The number of halogens is 1. The Hall–Kier alpha value is -2.50. The molecule has 0 amide bonds. The lowest BCUT2D eigenvalue weighted by Crippen LogP contribution is -2.21. The number of aryl methyl sites for hydroxylation is 1. The predicted octanol–water partition coefficient (Wildman–Crippen LogP) is 1.62. The van der Waals surface area contributed by atoms with E-state index >= 15 is 0 Å². The average molecular weight is 258 g/mol. The van der Waals surface area contributed by atoms with Gasteiger partial charge in [-0.05, 0) is 25.1 Å². The highest BCUT2D eigenvalue weighted by atomic mass is 19.1. The van der Waals surface area contributed by atoms with Crippen LogP contribution in [0.15, 0.2) is 35.4 Å². The minimum absolute atomic E-state index is 0.203. The van der Waals surface area contributed by atoms with Gasteiger partial charge >= 0.3 is 0 Å². The number of hydrogen-bond acceptors (Lipinski definition) is 3. The molecule has 0 aliphatic heterocycles. The predicted molar refractivity (Wildman–Crippen MR) is 68.4 cm³/mol. The van der Waals surface area contributed by atoms with Gasteiger partial charge in [-0.25, -0.2) is 9.37 Å². The summed E-state index contributed by atoms with van der Waals surface area (Å²) < 4.78 is 14.5. The van der Waals surface area contributed by atoms with Crippen LogP contribution >= 0.6 is 0 Å². The first-order valence-corrected chi connectivity index (χ1v) is 5.79. The number of rotatable bonds is 2. The van der Waals surface area contributed by atoms with Gasteiger partial charge in [-0.15, -0.1) is 0 Å². The van der Waals surface area contributed by atoms with Crippen molar-refractivity contribution in [3.05, 3.63) is 58.2 Å². The van der Waals surface area contributed by atoms with E-state index in [2.05, 4.69) is 15.2 Å². The molecule has 3 rings (SSSR count). The van der Waals surface area contributed by atoms with Gasteiger partial charge in [0.15, 0.2) is 0 Å². The quantitative estimate of drug-likeness (QED) is 0.759. The Morgan fingerprint density at radius 3 is 2.95 bits per heavy atom. The van der Waals surface area contributed by atoms with E-state index in [9.17, 15) is 9.18 Å². The Morgan fingerprint density at radius 1 is 1.37 bits per heavy atom. The second kappa shape index (κ2) is 4.31. The van der Waals surface area contributed by atoms with Crippen molar-refractivity contribution in [1.29, 1.82) is 0 Å². The van der Waals surface area contributed by atoms with Crippen molar-refractivity contribution in [2.45, 2.75) is 13.5 Å². The second-order valence-corrected chi connectivity index (χ2v) is 4.38. The minimum atomic E-state index is -0.403. The first-order valence-electron chi connectivity index (χ1n) is 5.79. The van der Waals surface area contributed by atoms with Gasteiger partial charge in [-0.2, -0.15) is 5.10 Å². The van der Waals surface area contributed by atoms with Gasteiger partial charge in [0.2, 0.25) is 0 Å². The summed E-state index contributed by atoms with van der Waals surface area (Å²) in [4.78, 5) is 16.3. The molecule has 0 atom stereocenters. The molecule has 5 nitrogen and oxygen atoms in total. The van der Waals surface area contributed by atoms with Crippen LogP contribution in [0, 0.1) is 12.7 Å². The zero-order valence-electron chi connectivity index (χ0n) is 10.2. The first-order chi connectivity index (χ1) is 9.13. The van der Waals surface area contributed by atoms with Crippen molar-refractivity contribution in [2.75, 3.05) is 0 Å². The Kier molecular flexibility index (Phi) is 2.63. The van der Waals surface area contributed by atoms with E-state index in [1.54, 1.807) is 0 Å². The molecule has 0 spiro atoms. The molecule has 1 aromatic carbocycles. The van der Waals surface area contributed by atoms with Gasteiger partial charge in [-0.3, -0.25) is 14.5 Å². The molecule has 0 aliphatic rings. The van der Waals surface area contributed by atoms with E-state index in [1.165, 1.54) is 29.1 Å².